The van der Waals surface area contributed by atoms with E-state index in [1.54, 1.807) is 0 Å². The summed E-state index contributed by atoms with van der Waals surface area (Å²) in [7, 11) is 0. The molecule has 0 spiro atoms. The third-order valence-electron chi connectivity index (χ3n) is 2.54. The molecule has 110 valence electrons. The summed E-state index contributed by atoms with van der Waals surface area (Å²) in [6.45, 7) is 1.33. The average molecular weight is 297 g/mol. The standard InChI is InChI=1S/C13H10F3N3O2/c1-8(20)17-11-6-7-19(18-11)10-4-2-9(3-5-10)12(21)13(14,15)16/h2-7H,1H3,(H,17,18,20). The molecule has 0 bridgehead atoms. The third kappa shape index (κ3) is 3.47. The lowest BCUT2D eigenvalue weighted by Gasteiger charge is -2.06. The van der Waals surface area contributed by atoms with Crippen LogP contribution in [0.1, 0.15) is 17.3 Å². The van der Waals surface area contributed by atoms with E-state index in [9.17, 15) is 22.8 Å². The van der Waals surface area contributed by atoms with E-state index < -0.39 is 17.5 Å². The number of Topliss-reactive ketones (excluding diaryl/α,β-unsaturated/α-hetero) is 1. The number of anilines is 1. The van der Waals surface area contributed by atoms with E-state index >= 15 is 0 Å². The van der Waals surface area contributed by atoms with E-state index in [0.29, 0.717) is 11.5 Å². The molecule has 2 rings (SSSR count). The molecule has 5 nitrogen and oxygen atoms in total. The Morgan fingerprint density at radius 1 is 1.14 bits per heavy atom. The Balaban J connectivity index is 2.21. The van der Waals surface area contributed by atoms with Crippen molar-refractivity contribution in [1.82, 2.24) is 9.78 Å². The van der Waals surface area contributed by atoms with Gasteiger partial charge in [0.05, 0.1) is 5.69 Å². The average Bonchev–Trinajstić information content (AvgIpc) is 2.84. The van der Waals surface area contributed by atoms with Crippen LogP contribution >= 0.6 is 0 Å². The number of carbonyl (C=O) groups excluding carboxylic acids is 2. The second-order valence-electron chi connectivity index (χ2n) is 4.20. The largest absolute Gasteiger partial charge is 0.454 e. The molecule has 2 aromatic rings. The minimum absolute atomic E-state index is 0.286. The van der Waals surface area contributed by atoms with Gasteiger partial charge in [0.1, 0.15) is 0 Å². The predicted molar refractivity (Wildman–Crippen MR) is 68.3 cm³/mol. The van der Waals surface area contributed by atoms with Crippen LogP contribution in [0.4, 0.5) is 19.0 Å². The van der Waals surface area contributed by atoms with Gasteiger partial charge in [0, 0.05) is 24.8 Å². The highest BCUT2D eigenvalue weighted by Gasteiger charge is 2.39. The maximum Gasteiger partial charge on any atom is 0.454 e. The second kappa shape index (κ2) is 5.39. The quantitative estimate of drug-likeness (QED) is 0.886. The van der Waals surface area contributed by atoms with Crippen molar-refractivity contribution in [2.75, 3.05) is 5.32 Å². The van der Waals surface area contributed by atoms with Crippen LogP contribution in [0.2, 0.25) is 0 Å². The van der Waals surface area contributed by atoms with E-state index in [2.05, 4.69) is 10.4 Å². The van der Waals surface area contributed by atoms with Crippen molar-refractivity contribution in [2.45, 2.75) is 13.1 Å². The summed E-state index contributed by atoms with van der Waals surface area (Å²) in [5.41, 5.74) is 0.0193. The van der Waals surface area contributed by atoms with Crippen LogP contribution < -0.4 is 5.32 Å². The number of nitrogens with zero attached hydrogens (tertiary/aromatic N) is 2. The van der Waals surface area contributed by atoms with Gasteiger partial charge in [-0.05, 0) is 24.3 Å². The zero-order valence-corrected chi connectivity index (χ0v) is 10.8. The number of rotatable bonds is 3. The van der Waals surface area contributed by atoms with Gasteiger partial charge in [-0.25, -0.2) is 4.68 Å². The van der Waals surface area contributed by atoms with Gasteiger partial charge in [-0.2, -0.15) is 18.3 Å². The zero-order valence-electron chi connectivity index (χ0n) is 10.8. The van der Waals surface area contributed by atoms with Gasteiger partial charge in [0.2, 0.25) is 5.91 Å². The highest BCUT2D eigenvalue weighted by atomic mass is 19.4. The summed E-state index contributed by atoms with van der Waals surface area (Å²) >= 11 is 0. The highest BCUT2D eigenvalue weighted by Crippen LogP contribution is 2.22. The van der Waals surface area contributed by atoms with Gasteiger partial charge in [0.15, 0.2) is 5.82 Å². The van der Waals surface area contributed by atoms with Crippen LogP contribution in [0.5, 0.6) is 0 Å². The number of benzene rings is 1. The summed E-state index contributed by atoms with van der Waals surface area (Å²) in [5.74, 6) is -1.86. The first kappa shape index (κ1) is 14.8. The number of aromatic nitrogens is 2. The number of alkyl halides is 3. The van der Waals surface area contributed by atoms with Crippen LogP contribution in [0.15, 0.2) is 36.5 Å². The smallest absolute Gasteiger partial charge is 0.309 e. The molecular weight excluding hydrogens is 287 g/mol. The van der Waals surface area contributed by atoms with E-state index in [-0.39, 0.29) is 5.91 Å². The van der Waals surface area contributed by atoms with Gasteiger partial charge in [-0.1, -0.05) is 0 Å². The van der Waals surface area contributed by atoms with Crippen molar-refractivity contribution < 1.29 is 22.8 Å². The Hall–Kier alpha value is -2.64. The van der Waals surface area contributed by atoms with Crippen molar-refractivity contribution >= 4 is 17.5 Å². The monoisotopic (exact) mass is 297 g/mol. The number of nitrogens with one attached hydrogen (secondary N) is 1. The van der Waals surface area contributed by atoms with Crippen LogP contribution in [0, 0.1) is 0 Å². The summed E-state index contributed by atoms with van der Waals surface area (Å²) < 4.78 is 38.2. The van der Waals surface area contributed by atoms with Crippen molar-refractivity contribution in [1.29, 1.82) is 0 Å². The molecule has 0 fully saturated rings. The Morgan fingerprint density at radius 2 is 1.76 bits per heavy atom. The number of hydrogen-bond donors (Lipinski definition) is 1. The molecule has 1 aromatic heterocycles. The van der Waals surface area contributed by atoms with Crippen molar-refractivity contribution in [3.8, 4) is 5.69 Å². The fourth-order valence-electron chi connectivity index (χ4n) is 1.64. The second-order valence-corrected chi connectivity index (χ2v) is 4.20. The summed E-state index contributed by atoms with van der Waals surface area (Å²) in [4.78, 5) is 21.9. The Morgan fingerprint density at radius 3 is 2.29 bits per heavy atom. The maximum absolute atomic E-state index is 12.3. The first-order valence-corrected chi connectivity index (χ1v) is 5.82. The lowest BCUT2D eigenvalue weighted by molar-refractivity contribution is -0.114. The molecule has 0 atom stereocenters. The predicted octanol–water partition coefficient (Wildman–Crippen LogP) is 2.58. The van der Waals surface area contributed by atoms with E-state index in [1.165, 1.54) is 36.0 Å². The van der Waals surface area contributed by atoms with Gasteiger partial charge in [-0.3, -0.25) is 9.59 Å². The molecule has 0 aliphatic rings. The number of hydrogen-bond acceptors (Lipinski definition) is 3. The van der Waals surface area contributed by atoms with Gasteiger partial charge >= 0.3 is 6.18 Å². The molecule has 1 amide bonds. The number of ketones is 1. The first-order chi connectivity index (χ1) is 9.77. The third-order valence-corrected chi connectivity index (χ3v) is 2.54. The van der Waals surface area contributed by atoms with E-state index in [4.69, 9.17) is 0 Å². The Labute approximate surface area is 117 Å². The van der Waals surface area contributed by atoms with Gasteiger partial charge in [-0.15, -0.1) is 0 Å². The molecule has 1 heterocycles. The van der Waals surface area contributed by atoms with Crippen molar-refractivity contribution in [3.63, 3.8) is 0 Å². The van der Waals surface area contributed by atoms with Crippen LogP contribution in [0.25, 0.3) is 5.69 Å². The van der Waals surface area contributed by atoms with Gasteiger partial charge < -0.3 is 5.32 Å². The summed E-state index contributed by atoms with van der Waals surface area (Å²) in [6, 6.07) is 6.36. The Bertz CT molecular complexity index is 675. The zero-order chi connectivity index (χ0) is 15.6. The van der Waals surface area contributed by atoms with Crippen molar-refractivity contribution in [2.24, 2.45) is 0 Å². The van der Waals surface area contributed by atoms with Gasteiger partial charge in [0.25, 0.3) is 5.78 Å². The van der Waals surface area contributed by atoms with Crippen LogP contribution in [-0.4, -0.2) is 27.6 Å². The SMILES string of the molecule is CC(=O)Nc1ccn(-c2ccc(C(=O)C(F)(F)F)cc2)n1. The van der Waals surface area contributed by atoms with E-state index in [0.717, 1.165) is 12.1 Å². The normalized spacial score (nSPS) is 11.2. The van der Waals surface area contributed by atoms with Crippen molar-refractivity contribution in [3.05, 3.63) is 42.1 Å². The molecule has 8 heteroatoms. The fraction of sp³-hybridized carbons (Fsp3) is 0.154. The lowest BCUT2D eigenvalue weighted by Crippen LogP contribution is -2.22. The molecule has 0 aliphatic heterocycles. The number of halogens is 3. The van der Waals surface area contributed by atoms with Crippen LogP contribution in [0.3, 0.4) is 0 Å². The minimum atomic E-state index is -4.90. The molecule has 0 radical (unpaired) electrons. The number of carbonyl (C=O) groups is 2. The molecule has 0 aliphatic carbocycles. The summed E-state index contributed by atoms with van der Waals surface area (Å²) in [6.07, 6.45) is -3.36. The molecule has 1 N–H and O–H groups in total. The Kier molecular flexibility index (Phi) is 3.79. The fourth-order valence-corrected chi connectivity index (χ4v) is 1.64. The topological polar surface area (TPSA) is 64.0 Å². The van der Waals surface area contributed by atoms with Crippen LogP contribution in [-0.2, 0) is 4.79 Å². The molecule has 0 saturated carbocycles. The lowest BCUT2D eigenvalue weighted by atomic mass is 10.1. The van der Waals surface area contributed by atoms with E-state index in [1.807, 2.05) is 0 Å². The molecular formula is C13H10F3N3O2. The maximum atomic E-state index is 12.3. The minimum Gasteiger partial charge on any atom is -0.309 e. The highest BCUT2D eigenvalue weighted by molar-refractivity contribution is 6.00. The summed E-state index contributed by atoms with van der Waals surface area (Å²) in [5, 5.41) is 6.49. The molecule has 0 unspecified atom stereocenters. The first-order valence-electron chi connectivity index (χ1n) is 5.82. The molecule has 21 heavy (non-hydrogen) atoms. The molecule has 1 aromatic carbocycles. The molecule has 0 saturated heterocycles. The number of amides is 1.